The summed E-state index contributed by atoms with van der Waals surface area (Å²) in [6, 6.07) is 13.5. The highest BCUT2D eigenvalue weighted by Crippen LogP contribution is 2.10. The van der Waals surface area contributed by atoms with Crippen LogP contribution in [-0.4, -0.2) is 24.3 Å². The molecule has 0 aromatic heterocycles. The SMILES string of the molecule is NC(=O)c1cccc(CNC(=O)CNC(=O)c2ccc(Br)cc2)c1. The number of hydrogen-bond acceptors (Lipinski definition) is 3. The van der Waals surface area contributed by atoms with Crippen LogP contribution in [0.25, 0.3) is 0 Å². The molecule has 0 aliphatic heterocycles. The Morgan fingerprint density at radius 1 is 0.958 bits per heavy atom. The number of nitrogens with one attached hydrogen (secondary N) is 2. The normalized spacial score (nSPS) is 10.0. The van der Waals surface area contributed by atoms with Crippen LogP contribution in [-0.2, 0) is 11.3 Å². The van der Waals surface area contributed by atoms with Gasteiger partial charge >= 0.3 is 0 Å². The van der Waals surface area contributed by atoms with Gasteiger partial charge < -0.3 is 16.4 Å². The van der Waals surface area contributed by atoms with Gasteiger partial charge in [0.1, 0.15) is 0 Å². The third-order valence-corrected chi connectivity index (χ3v) is 3.75. The van der Waals surface area contributed by atoms with E-state index in [4.69, 9.17) is 5.73 Å². The second kappa shape index (κ2) is 8.26. The molecule has 0 bridgehead atoms. The zero-order chi connectivity index (χ0) is 17.5. The maximum absolute atomic E-state index is 11.9. The van der Waals surface area contributed by atoms with Crippen LogP contribution in [0.4, 0.5) is 0 Å². The lowest BCUT2D eigenvalue weighted by Gasteiger charge is -2.08. The fraction of sp³-hybridized carbons (Fsp3) is 0.118. The number of primary amides is 1. The van der Waals surface area contributed by atoms with Crippen LogP contribution in [0.2, 0.25) is 0 Å². The third-order valence-electron chi connectivity index (χ3n) is 3.22. The number of amides is 3. The molecule has 124 valence electrons. The van der Waals surface area contributed by atoms with Gasteiger partial charge in [0.15, 0.2) is 0 Å². The summed E-state index contributed by atoms with van der Waals surface area (Å²) in [7, 11) is 0. The second-order valence-corrected chi connectivity index (χ2v) is 5.95. The van der Waals surface area contributed by atoms with E-state index in [-0.39, 0.29) is 24.9 Å². The first kappa shape index (κ1) is 17.7. The van der Waals surface area contributed by atoms with Gasteiger partial charge in [-0.1, -0.05) is 28.1 Å². The Balaban J connectivity index is 1.81. The maximum Gasteiger partial charge on any atom is 0.251 e. The second-order valence-electron chi connectivity index (χ2n) is 5.03. The summed E-state index contributed by atoms with van der Waals surface area (Å²) in [6.45, 7) is 0.110. The van der Waals surface area contributed by atoms with E-state index in [1.165, 1.54) is 0 Å². The quantitative estimate of drug-likeness (QED) is 0.698. The number of nitrogens with two attached hydrogens (primary N) is 1. The van der Waals surface area contributed by atoms with Crippen molar-refractivity contribution >= 4 is 33.7 Å². The van der Waals surface area contributed by atoms with Gasteiger partial charge in [-0.2, -0.15) is 0 Å². The van der Waals surface area contributed by atoms with E-state index >= 15 is 0 Å². The van der Waals surface area contributed by atoms with Crippen molar-refractivity contribution in [3.8, 4) is 0 Å². The fourth-order valence-electron chi connectivity index (χ4n) is 1.96. The summed E-state index contributed by atoms with van der Waals surface area (Å²) < 4.78 is 0.870. The van der Waals surface area contributed by atoms with Crippen LogP contribution in [0.5, 0.6) is 0 Å². The minimum atomic E-state index is -0.523. The Labute approximate surface area is 147 Å². The molecule has 0 saturated heterocycles. The molecule has 2 aromatic carbocycles. The lowest BCUT2D eigenvalue weighted by Crippen LogP contribution is -2.36. The van der Waals surface area contributed by atoms with Gasteiger partial charge in [-0.05, 0) is 42.0 Å². The molecule has 0 fully saturated rings. The van der Waals surface area contributed by atoms with E-state index in [2.05, 4.69) is 26.6 Å². The average molecular weight is 390 g/mol. The van der Waals surface area contributed by atoms with E-state index in [1.54, 1.807) is 48.5 Å². The van der Waals surface area contributed by atoms with E-state index < -0.39 is 5.91 Å². The highest BCUT2D eigenvalue weighted by atomic mass is 79.9. The van der Waals surface area contributed by atoms with Crippen molar-refractivity contribution in [1.29, 1.82) is 0 Å². The zero-order valence-electron chi connectivity index (χ0n) is 12.7. The number of carbonyl (C=O) groups excluding carboxylic acids is 3. The minimum absolute atomic E-state index is 0.135. The zero-order valence-corrected chi connectivity index (χ0v) is 14.3. The standard InChI is InChI=1S/C17H16BrN3O3/c18-14-6-4-12(5-7-14)17(24)21-10-15(22)20-9-11-2-1-3-13(8-11)16(19)23/h1-8H,9-10H2,(H2,19,23)(H,20,22)(H,21,24). The van der Waals surface area contributed by atoms with E-state index in [9.17, 15) is 14.4 Å². The Morgan fingerprint density at radius 3 is 2.33 bits per heavy atom. The molecule has 7 heteroatoms. The highest BCUT2D eigenvalue weighted by molar-refractivity contribution is 9.10. The molecule has 24 heavy (non-hydrogen) atoms. The molecule has 0 spiro atoms. The monoisotopic (exact) mass is 389 g/mol. The molecule has 0 aliphatic rings. The van der Waals surface area contributed by atoms with E-state index in [1.807, 2.05) is 0 Å². The van der Waals surface area contributed by atoms with Crippen LogP contribution in [0.3, 0.4) is 0 Å². The molecule has 0 atom stereocenters. The molecule has 4 N–H and O–H groups in total. The maximum atomic E-state index is 11.9. The number of carbonyl (C=O) groups is 3. The van der Waals surface area contributed by atoms with Crippen molar-refractivity contribution in [3.05, 3.63) is 69.7 Å². The van der Waals surface area contributed by atoms with Crippen molar-refractivity contribution in [3.63, 3.8) is 0 Å². The Kier molecular flexibility index (Phi) is 6.08. The summed E-state index contributed by atoms with van der Waals surface area (Å²) in [5, 5.41) is 5.21. The van der Waals surface area contributed by atoms with Gasteiger partial charge in [-0.3, -0.25) is 14.4 Å². The smallest absolute Gasteiger partial charge is 0.251 e. The van der Waals surface area contributed by atoms with Crippen LogP contribution in [0.15, 0.2) is 53.0 Å². The first-order valence-corrected chi connectivity index (χ1v) is 7.94. The van der Waals surface area contributed by atoms with Gasteiger partial charge in [0.05, 0.1) is 6.54 Å². The van der Waals surface area contributed by atoms with Gasteiger partial charge in [0, 0.05) is 22.1 Å². The average Bonchev–Trinajstić information content (AvgIpc) is 2.58. The topological polar surface area (TPSA) is 101 Å². The van der Waals surface area contributed by atoms with Crippen molar-refractivity contribution in [2.45, 2.75) is 6.54 Å². The summed E-state index contributed by atoms with van der Waals surface area (Å²) in [5.41, 5.74) is 6.81. The van der Waals surface area contributed by atoms with Gasteiger partial charge in [-0.25, -0.2) is 0 Å². The van der Waals surface area contributed by atoms with Gasteiger partial charge in [-0.15, -0.1) is 0 Å². The summed E-state index contributed by atoms with van der Waals surface area (Å²) in [4.78, 5) is 34.8. The molecule has 2 rings (SSSR count). The first-order chi connectivity index (χ1) is 11.5. The third kappa shape index (κ3) is 5.20. The Morgan fingerprint density at radius 2 is 1.67 bits per heavy atom. The molecule has 0 unspecified atom stereocenters. The van der Waals surface area contributed by atoms with E-state index in [0.717, 1.165) is 10.0 Å². The van der Waals surface area contributed by atoms with Crippen molar-refractivity contribution in [1.82, 2.24) is 10.6 Å². The predicted molar refractivity (Wildman–Crippen MR) is 93.3 cm³/mol. The van der Waals surface area contributed by atoms with Crippen molar-refractivity contribution < 1.29 is 14.4 Å². The summed E-state index contributed by atoms with van der Waals surface area (Å²) in [5.74, 6) is -1.18. The molecule has 0 heterocycles. The van der Waals surface area contributed by atoms with Gasteiger partial charge in [0.25, 0.3) is 5.91 Å². The number of rotatable bonds is 6. The molecule has 6 nitrogen and oxygen atoms in total. The molecule has 0 radical (unpaired) electrons. The molecule has 0 saturated carbocycles. The van der Waals surface area contributed by atoms with Crippen molar-refractivity contribution in [2.24, 2.45) is 5.73 Å². The highest BCUT2D eigenvalue weighted by Gasteiger charge is 2.08. The molecular formula is C17H16BrN3O3. The molecule has 2 aromatic rings. The minimum Gasteiger partial charge on any atom is -0.366 e. The lowest BCUT2D eigenvalue weighted by atomic mass is 10.1. The molecular weight excluding hydrogens is 374 g/mol. The molecule has 0 aliphatic carbocycles. The van der Waals surface area contributed by atoms with Crippen LogP contribution >= 0.6 is 15.9 Å². The predicted octanol–water partition coefficient (Wildman–Crippen LogP) is 1.59. The molecule has 3 amide bonds. The largest absolute Gasteiger partial charge is 0.366 e. The first-order valence-electron chi connectivity index (χ1n) is 7.15. The summed E-state index contributed by atoms with van der Waals surface area (Å²) in [6.07, 6.45) is 0. The number of benzene rings is 2. The lowest BCUT2D eigenvalue weighted by molar-refractivity contribution is -0.120. The number of hydrogen-bond donors (Lipinski definition) is 3. The summed E-state index contributed by atoms with van der Waals surface area (Å²) >= 11 is 3.29. The number of halogens is 1. The van der Waals surface area contributed by atoms with E-state index in [0.29, 0.717) is 11.1 Å². The van der Waals surface area contributed by atoms with Crippen LogP contribution in [0.1, 0.15) is 26.3 Å². The van der Waals surface area contributed by atoms with Crippen LogP contribution < -0.4 is 16.4 Å². The van der Waals surface area contributed by atoms with Crippen molar-refractivity contribution in [2.75, 3.05) is 6.54 Å². The Bertz CT molecular complexity index is 760. The Hall–Kier alpha value is -2.67. The fourth-order valence-corrected chi connectivity index (χ4v) is 2.23. The van der Waals surface area contributed by atoms with Gasteiger partial charge in [0.2, 0.25) is 11.8 Å². The van der Waals surface area contributed by atoms with Crippen LogP contribution in [0, 0.1) is 0 Å².